The van der Waals surface area contributed by atoms with E-state index >= 15 is 0 Å². The van der Waals surface area contributed by atoms with Crippen molar-refractivity contribution in [3.8, 4) is 11.5 Å². The molecule has 7 heteroatoms. The number of hydrogen-bond donors (Lipinski definition) is 1. The molecule has 1 N–H and O–H groups in total. The largest absolute Gasteiger partial charge is 0.444 e. The Hall–Kier alpha value is -2.67. The molecule has 0 bridgehead atoms. The van der Waals surface area contributed by atoms with Crippen LogP contribution in [0, 0.1) is 6.92 Å². The number of nitrogens with zero attached hydrogens (tertiary/aromatic N) is 4. The predicted octanol–water partition coefficient (Wildman–Crippen LogP) is 3.31. The van der Waals surface area contributed by atoms with Gasteiger partial charge in [-0.2, -0.15) is 0 Å². The van der Waals surface area contributed by atoms with Crippen LogP contribution < -0.4 is 5.32 Å². The first-order chi connectivity index (χ1) is 12.2. The quantitative estimate of drug-likeness (QED) is 0.562. The van der Waals surface area contributed by atoms with E-state index in [0.717, 1.165) is 27.9 Å². The molecule has 3 rings (SSSR count). The van der Waals surface area contributed by atoms with E-state index in [1.54, 1.807) is 24.6 Å². The van der Waals surface area contributed by atoms with Crippen LogP contribution in [0.15, 0.2) is 51.4 Å². The van der Waals surface area contributed by atoms with Crippen LogP contribution in [0.2, 0.25) is 0 Å². The standard InChI is InChI=1S/C18H21N5OS/c1-13-21-16(12-25-13)10-23(3)18(19-2)20-9-15-11-24-17(22-15)14-7-5-4-6-8-14/h4-8,11-12H,9-10H2,1-3H3,(H,19,20). The fourth-order valence-corrected chi connectivity index (χ4v) is 3.06. The third-order valence-electron chi connectivity index (χ3n) is 3.64. The maximum atomic E-state index is 5.56. The third-order valence-corrected chi connectivity index (χ3v) is 4.46. The summed E-state index contributed by atoms with van der Waals surface area (Å²) in [5.74, 6) is 1.41. The molecule has 0 unspecified atom stereocenters. The van der Waals surface area contributed by atoms with Crippen LogP contribution in [0.3, 0.4) is 0 Å². The molecule has 0 amide bonds. The molecule has 0 saturated carbocycles. The van der Waals surface area contributed by atoms with Crippen LogP contribution in [0.4, 0.5) is 0 Å². The van der Waals surface area contributed by atoms with Crippen LogP contribution >= 0.6 is 11.3 Å². The van der Waals surface area contributed by atoms with Gasteiger partial charge < -0.3 is 14.6 Å². The molecule has 0 aliphatic rings. The van der Waals surface area contributed by atoms with Gasteiger partial charge in [0.25, 0.3) is 0 Å². The first-order valence-corrected chi connectivity index (χ1v) is 8.86. The van der Waals surface area contributed by atoms with E-state index in [4.69, 9.17) is 4.42 Å². The van der Waals surface area contributed by atoms with Gasteiger partial charge in [0.15, 0.2) is 5.96 Å². The normalized spacial score (nSPS) is 11.6. The topological polar surface area (TPSA) is 66.6 Å². The summed E-state index contributed by atoms with van der Waals surface area (Å²) in [5.41, 5.74) is 2.84. The Morgan fingerprint density at radius 2 is 2.04 bits per heavy atom. The molecule has 0 fully saturated rings. The van der Waals surface area contributed by atoms with Crippen molar-refractivity contribution in [1.82, 2.24) is 20.2 Å². The van der Waals surface area contributed by atoms with Gasteiger partial charge in [0, 0.05) is 25.0 Å². The van der Waals surface area contributed by atoms with Crippen LogP contribution in [0.25, 0.3) is 11.5 Å². The maximum absolute atomic E-state index is 5.56. The summed E-state index contributed by atoms with van der Waals surface area (Å²) >= 11 is 1.66. The van der Waals surface area contributed by atoms with Crippen LogP contribution in [-0.4, -0.2) is 34.9 Å². The van der Waals surface area contributed by atoms with Crippen molar-refractivity contribution in [3.63, 3.8) is 0 Å². The van der Waals surface area contributed by atoms with Crippen molar-refractivity contribution in [2.45, 2.75) is 20.0 Å². The predicted molar refractivity (Wildman–Crippen MR) is 100 cm³/mol. The lowest BCUT2D eigenvalue weighted by molar-refractivity contribution is 0.470. The highest BCUT2D eigenvalue weighted by Gasteiger charge is 2.11. The van der Waals surface area contributed by atoms with E-state index in [1.165, 1.54) is 0 Å². The number of rotatable bonds is 5. The molecule has 25 heavy (non-hydrogen) atoms. The number of benzene rings is 1. The summed E-state index contributed by atoms with van der Waals surface area (Å²) in [7, 11) is 3.76. The van der Waals surface area contributed by atoms with E-state index < -0.39 is 0 Å². The zero-order valence-electron chi connectivity index (χ0n) is 14.6. The van der Waals surface area contributed by atoms with Crippen LogP contribution in [0.5, 0.6) is 0 Å². The van der Waals surface area contributed by atoms with E-state index in [2.05, 4.69) is 25.7 Å². The summed E-state index contributed by atoms with van der Waals surface area (Å²) in [4.78, 5) is 15.4. The highest BCUT2D eigenvalue weighted by Crippen LogP contribution is 2.17. The van der Waals surface area contributed by atoms with Gasteiger partial charge in [-0.1, -0.05) is 18.2 Å². The Morgan fingerprint density at radius 1 is 1.24 bits per heavy atom. The van der Waals surface area contributed by atoms with Gasteiger partial charge in [-0.15, -0.1) is 11.3 Å². The second kappa shape index (κ2) is 7.94. The number of hydrogen-bond acceptors (Lipinski definition) is 5. The third kappa shape index (κ3) is 4.45. The molecule has 0 aliphatic heterocycles. The molecular weight excluding hydrogens is 334 g/mol. The molecule has 6 nitrogen and oxygen atoms in total. The Labute approximate surface area is 151 Å². The van der Waals surface area contributed by atoms with Gasteiger partial charge >= 0.3 is 0 Å². The molecular formula is C18H21N5OS. The second-order valence-corrected chi connectivity index (χ2v) is 6.69. The number of nitrogens with one attached hydrogen (secondary N) is 1. The first-order valence-electron chi connectivity index (χ1n) is 7.98. The SMILES string of the molecule is CN=C(NCc1coc(-c2ccccc2)n1)N(C)Cc1csc(C)n1. The van der Waals surface area contributed by atoms with Crippen molar-refractivity contribution in [3.05, 3.63) is 58.4 Å². The van der Waals surface area contributed by atoms with Crippen molar-refractivity contribution < 1.29 is 4.42 Å². The molecule has 0 atom stereocenters. The van der Waals surface area contributed by atoms with Crippen LogP contribution in [-0.2, 0) is 13.1 Å². The maximum Gasteiger partial charge on any atom is 0.226 e. The molecule has 0 aliphatic carbocycles. The monoisotopic (exact) mass is 355 g/mol. The zero-order valence-corrected chi connectivity index (χ0v) is 15.4. The molecule has 130 valence electrons. The Balaban J connectivity index is 1.59. The Kier molecular flexibility index (Phi) is 5.45. The lowest BCUT2D eigenvalue weighted by atomic mass is 10.2. The van der Waals surface area contributed by atoms with Crippen molar-refractivity contribution in [2.24, 2.45) is 4.99 Å². The van der Waals surface area contributed by atoms with E-state index in [9.17, 15) is 0 Å². The summed E-state index contributed by atoms with van der Waals surface area (Å²) in [6.45, 7) is 3.26. The Morgan fingerprint density at radius 3 is 2.72 bits per heavy atom. The van der Waals surface area contributed by atoms with Crippen LogP contribution in [0.1, 0.15) is 16.4 Å². The average molecular weight is 355 g/mol. The molecule has 2 aromatic heterocycles. The summed E-state index contributed by atoms with van der Waals surface area (Å²) < 4.78 is 5.56. The highest BCUT2D eigenvalue weighted by atomic mass is 32.1. The average Bonchev–Trinajstić information content (AvgIpc) is 3.25. The number of thiazole rings is 1. The number of guanidine groups is 1. The summed E-state index contributed by atoms with van der Waals surface area (Å²) in [6, 6.07) is 9.86. The van der Waals surface area contributed by atoms with Gasteiger partial charge in [-0.3, -0.25) is 4.99 Å². The second-order valence-electron chi connectivity index (χ2n) is 5.62. The van der Waals surface area contributed by atoms with E-state index in [-0.39, 0.29) is 0 Å². The summed E-state index contributed by atoms with van der Waals surface area (Å²) in [6.07, 6.45) is 1.67. The lowest BCUT2D eigenvalue weighted by Gasteiger charge is -2.20. The smallest absolute Gasteiger partial charge is 0.226 e. The van der Waals surface area contributed by atoms with Crippen molar-refractivity contribution in [2.75, 3.05) is 14.1 Å². The molecule has 0 spiro atoms. The Bertz CT molecular complexity index is 840. The highest BCUT2D eigenvalue weighted by molar-refractivity contribution is 7.09. The fraction of sp³-hybridized carbons (Fsp3) is 0.278. The van der Waals surface area contributed by atoms with Gasteiger partial charge in [0.1, 0.15) is 6.26 Å². The summed E-state index contributed by atoms with van der Waals surface area (Å²) in [5, 5.41) is 6.45. The van der Waals surface area contributed by atoms with Gasteiger partial charge in [0.05, 0.1) is 29.5 Å². The molecule has 1 aromatic carbocycles. The number of aromatic nitrogens is 2. The molecule has 0 saturated heterocycles. The fourth-order valence-electron chi connectivity index (χ4n) is 2.45. The number of aliphatic imine (C=N–C) groups is 1. The first kappa shape index (κ1) is 17.2. The molecule has 2 heterocycles. The number of aryl methyl sites for hydroxylation is 1. The van der Waals surface area contributed by atoms with E-state index in [1.807, 2.05) is 49.2 Å². The van der Waals surface area contributed by atoms with Gasteiger partial charge in [-0.05, 0) is 19.1 Å². The van der Waals surface area contributed by atoms with Crippen molar-refractivity contribution >= 4 is 17.3 Å². The van der Waals surface area contributed by atoms with Gasteiger partial charge in [0.2, 0.25) is 5.89 Å². The minimum Gasteiger partial charge on any atom is -0.444 e. The lowest BCUT2D eigenvalue weighted by Crippen LogP contribution is -2.38. The number of oxazole rings is 1. The minimum atomic E-state index is 0.545. The molecule has 0 radical (unpaired) electrons. The molecule has 3 aromatic rings. The minimum absolute atomic E-state index is 0.545. The van der Waals surface area contributed by atoms with Gasteiger partial charge in [-0.25, -0.2) is 9.97 Å². The van der Waals surface area contributed by atoms with E-state index in [0.29, 0.717) is 19.0 Å². The zero-order chi connectivity index (χ0) is 17.6. The van der Waals surface area contributed by atoms with Crippen molar-refractivity contribution in [1.29, 1.82) is 0 Å².